The number of hydrogen-bond acceptors (Lipinski definition) is 4. The molecule has 0 bridgehead atoms. The second-order valence-corrected chi connectivity index (χ2v) is 10.3. The molecule has 3 rings (SSSR count). The summed E-state index contributed by atoms with van der Waals surface area (Å²) in [4.78, 5) is 12.8. The zero-order valence-corrected chi connectivity index (χ0v) is 20.7. The van der Waals surface area contributed by atoms with Gasteiger partial charge in [-0.3, -0.25) is 9.10 Å². The Bertz CT molecular complexity index is 1290. The van der Waals surface area contributed by atoms with Gasteiger partial charge in [0.1, 0.15) is 6.54 Å². The number of halogens is 2. The summed E-state index contributed by atoms with van der Waals surface area (Å²) < 4.78 is 28.0. The van der Waals surface area contributed by atoms with Crippen LogP contribution in [0, 0.1) is 20.8 Å². The summed E-state index contributed by atoms with van der Waals surface area (Å²) in [7, 11) is -4.00. The SMILES string of the molecule is Cc1ccc(S(=O)(=O)N(CC(=O)N/N=C\c2ccc(Cl)cc2Cl)c2cc(C)cc(C)c2)cc1. The molecule has 0 fully saturated rings. The summed E-state index contributed by atoms with van der Waals surface area (Å²) in [6.45, 7) is 5.15. The minimum atomic E-state index is -4.00. The monoisotopic (exact) mass is 503 g/mol. The van der Waals surface area contributed by atoms with Crippen molar-refractivity contribution in [3.05, 3.63) is 93.0 Å². The Morgan fingerprint density at radius 2 is 1.58 bits per heavy atom. The van der Waals surface area contributed by atoms with Crippen molar-refractivity contribution in [3.63, 3.8) is 0 Å². The predicted molar refractivity (Wildman–Crippen MR) is 134 cm³/mol. The van der Waals surface area contributed by atoms with Gasteiger partial charge in [-0.15, -0.1) is 0 Å². The summed E-state index contributed by atoms with van der Waals surface area (Å²) in [5.74, 6) is -0.605. The molecule has 0 unspecified atom stereocenters. The molecule has 1 amide bonds. The van der Waals surface area contributed by atoms with Crippen LogP contribution in [0.1, 0.15) is 22.3 Å². The summed E-state index contributed by atoms with van der Waals surface area (Å²) in [6.07, 6.45) is 1.37. The average molecular weight is 504 g/mol. The van der Waals surface area contributed by atoms with Crippen LogP contribution in [0.5, 0.6) is 0 Å². The minimum Gasteiger partial charge on any atom is -0.271 e. The first-order valence-electron chi connectivity index (χ1n) is 10.0. The quantitative estimate of drug-likeness (QED) is 0.352. The Morgan fingerprint density at radius 1 is 0.939 bits per heavy atom. The largest absolute Gasteiger partial charge is 0.271 e. The maximum absolute atomic E-state index is 13.5. The second-order valence-electron chi connectivity index (χ2n) is 7.63. The summed E-state index contributed by atoms with van der Waals surface area (Å²) >= 11 is 12.0. The first-order chi connectivity index (χ1) is 15.6. The van der Waals surface area contributed by atoms with Crippen molar-refractivity contribution in [3.8, 4) is 0 Å². The van der Waals surface area contributed by atoms with Crippen LogP contribution < -0.4 is 9.73 Å². The molecule has 6 nitrogen and oxygen atoms in total. The Balaban J connectivity index is 1.88. The molecular weight excluding hydrogens is 481 g/mol. The van der Waals surface area contributed by atoms with Gasteiger partial charge in [0.2, 0.25) is 0 Å². The number of aryl methyl sites for hydroxylation is 3. The van der Waals surface area contributed by atoms with Gasteiger partial charge in [0.15, 0.2) is 0 Å². The van der Waals surface area contributed by atoms with E-state index in [-0.39, 0.29) is 4.90 Å². The molecule has 0 aliphatic rings. The van der Waals surface area contributed by atoms with Crippen LogP contribution in [0.25, 0.3) is 0 Å². The van der Waals surface area contributed by atoms with E-state index in [1.165, 1.54) is 18.3 Å². The van der Waals surface area contributed by atoms with Crippen LogP contribution in [-0.2, 0) is 14.8 Å². The maximum Gasteiger partial charge on any atom is 0.264 e. The van der Waals surface area contributed by atoms with E-state index >= 15 is 0 Å². The molecule has 172 valence electrons. The number of carbonyl (C=O) groups excluding carboxylic acids is 1. The first kappa shape index (κ1) is 24.8. The van der Waals surface area contributed by atoms with Crippen molar-refractivity contribution >= 4 is 51.0 Å². The number of hydrogen-bond donors (Lipinski definition) is 1. The van der Waals surface area contributed by atoms with Crippen LogP contribution in [0.15, 0.2) is 70.7 Å². The minimum absolute atomic E-state index is 0.0940. The molecule has 0 heterocycles. The van der Waals surface area contributed by atoms with Gasteiger partial charge in [0, 0.05) is 10.6 Å². The Morgan fingerprint density at radius 3 is 2.18 bits per heavy atom. The number of nitrogens with one attached hydrogen (secondary N) is 1. The van der Waals surface area contributed by atoms with E-state index in [0.29, 0.717) is 21.3 Å². The number of carbonyl (C=O) groups is 1. The highest BCUT2D eigenvalue weighted by molar-refractivity contribution is 7.92. The highest BCUT2D eigenvalue weighted by atomic mass is 35.5. The summed E-state index contributed by atoms with van der Waals surface area (Å²) in [5.41, 5.74) is 6.01. The lowest BCUT2D eigenvalue weighted by molar-refractivity contribution is -0.119. The van der Waals surface area contributed by atoms with Crippen LogP contribution in [0.4, 0.5) is 5.69 Å². The molecule has 33 heavy (non-hydrogen) atoms. The number of anilines is 1. The van der Waals surface area contributed by atoms with Crippen molar-refractivity contribution in [2.75, 3.05) is 10.8 Å². The fourth-order valence-corrected chi connectivity index (χ4v) is 5.05. The molecule has 9 heteroatoms. The van der Waals surface area contributed by atoms with Gasteiger partial charge < -0.3 is 0 Å². The molecule has 0 radical (unpaired) electrons. The molecule has 3 aromatic rings. The average Bonchev–Trinajstić information content (AvgIpc) is 2.73. The van der Waals surface area contributed by atoms with Crippen molar-refractivity contribution < 1.29 is 13.2 Å². The zero-order chi connectivity index (χ0) is 24.2. The lowest BCUT2D eigenvalue weighted by Gasteiger charge is -2.24. The van der Waals surface area contributed by atoms with Crippen LogP contribution in [0.3, 0.4) is 0 Å². The van der Waals surface area contributed by atoms with E-state index in [9.17, 15) is 13.2 Å². The van der Waals surface area contributed by atoms with E-state index in [4.69, 9.17) is 23.2 Å². The predicted octanol–water partition coefficient (Wildman–Crippen LogP) is 5.26. The fraction of sp³-hybridized carbons (Fsp3) is 0.167. The molecule has 0 aliphatic carbocycles. The van der Waals surface area contributed by atoms with Crippen molar-refractivity contribution in [1.82, 2.24) is 5.43 Å². The number of sulfonamides is 1. The van der Waals surface area contributed by atoms with E-state index in [0.717, 1.165) is 21.0 Å². The van der Waals surface area contributed by atoms with Gasteiger partial charge in [-0.1, -0.05) is 53.0 Å². The molecule has 0 aromatic heterocycles. The van der Waals surface area contributed by atoms with E-state index < -0.39 is 22.5 Å². The topological polar surface area (TPSA) is 78.8 Å². The molecule has 0 saturated carbocycles. The van der Waals surface area contributed by atoms with Crippen LogP contribution in [-0.4, -0.2) is 27.1 Å². The summed E-state index contributed by atoms with van der Waals surface area (Å²) in [5, 5.41) is 4.76. The van der Waals surface area contributed by atoms with Gasteiger partial charge in [0.05, 0.1) is 21.8 Å². The third-order valence-electron chi connectivity index (χ3n) is 4.75. The Kier molecular flexibility index (Phi) is 7.79. The first-order valence-corrected chi connectivity index (χ1v) is 12.2. The van der Waals surface area contributed by atoms with Gasteiger partial charge in [-0.05, 0) is 68.3 Å². The van der Waals surface area contributed by atoms with Gasteiger partial charge in [0.25, 0.3) is 15.9 Å². The summed E-state index contributed by atoms with van der Waals surface area (Å²) in [6, 6.07) is 16.7. The van der Waals surface area contributed by atoms with E-state index in [1.54, 1.807) is 42.5 Å². The molecule has 3 aromatic carbocycles. The Labute approximate surface area is 203 Å². The smallest absolute Gasteiger partial charge is 0.264 e. The Hall–Kier alpha value is -2.87. The number of rotatable bonds is 7. The van der Waals surface area contributed by atoms with Gasteiger partial charge >= 0.3 is 0 Å². The molecule has 1 N–H and O–H groups in total. The van der Waals surface area contributed by atoms with E-state index in [1.807, 2.05) is 26.8 Å². The van der Waals surface area contributed by atoms with Crippen molar-refractivity contribution in [1.29, 1.82) is 0 Å². The molecule has 0 aliphatic heterocycles. The standard InChI is InChI=1S/C24H23Cl2N3O3S/c1-16-4-8-22(9-5-16)33(31,32)29(21-11-17(2)10-18(3)12-21)15-24(30)28-27-14-19-6-7-20(25)13-23(19)26/h4-14H,15H2,1-3H3,(H,28,30)/b27-14-. The third-order valence-corrected chi connectivity index (χ3v) is 7.10. The van der Waals surface area contributed by atoms with Crippen molar-refractivity contribution in [2.45, 2.75) is 25.7 Å². The maximum atomic E-state index is 13.5. The van der Waals surface area contributed by atoms with E-state index in [2.05, 4.69) is 10.5 Å². The van der Waals surface area contributed by atoms with Gasteiger partial charge in [-0.25, -0.2) is 13.8 Å². The second kappa shape index (κ2) is 10.4. The van der Waals surface area contributed by atoms with Crippen molar-refractivity contribution in [2.24, 2.45) is 5.10 Å². The normalized spacial score (nSPS) is 11.5. The lowest BCUT2D eigenvalue weighted by Crippen LogP contribution is -2.39. The van der Waals surface area contributed by atoms with Crippen LogP contribution in [0.2, 0.25) is 10.0 Å². The molecular formula is C24H23Cl2N3O3S. The number of benzene rings is 3. The van der Waals surface area contributed by atoms with Crippen LogP contribution >= 0.6 is 23.2 Å². The number of hydrazone groups is 1. The highest BCUT2D eigenvalue weighted by Crippen LogP contribution is 2.26. The molecule has 0 spiro atoms. The third kappa shape index (κ3) is 6.35. The molecule has 0 atom stereocenters. The molecule has 0 saturated heterocycles. The zero-order valence-electron chi connectivity index (χ0n) is 18.3. The lowest BCUT2D eigenvalue weighted by atomic mass is 10.1. The number of amides is 1. The van der Waals surface area contributed by atoms with Gasteiger partial charge in [-0.2, -0.15) is 5.10 Å². The highest BCUT2D eigenvalue weighted by Gasteiger charge is 2.27. The number of nitrogens with zero attached hydrogens (tertiary/aromatic N) is 2. The fourth-order valence-electron chi connectivity index (χ4n) is 3.19.